The Kier molecular flexibility index (Phi) is 16.7. The summed E-state index contributed by atoms with van der Waals surface area (Å²) >= 11 is 0. The number of carbonyl (C=O) groups is 6. The fraction of sp³-hybridized carbons (Fsp3) is 0.771. The first-order chi connectivity index (χ1) is 23.8. The molecule has 5 N–H and O–H groups in total. The van der Waals surface area contributed by atoms with Crippen molar-refractivity contribution >= 4 is 35.6 Å². The van der Waals surface area contributed by atoms with E-state index < -0.39 is 84.2 Å². The molecule has 1 saturated carbocycles. The molecule has 1 heterocycles. The smallest absolute Gasteiger partial charge is 0.407 e. The van der Waals surface area contributed by atoms with Crippen molar-refractivity contribution in [1.82, 2.24) is 31.5 Å². The van der Waals surface area contributed by atoms with Gasteiger partial charge in [0.1, 0.15) is 18.7 Å². The number of carbonyl (C=O) groups excluding carboxylic acids is 6. The molecule has 1 saturated heterocycles. The largest absolute Gasteiger partial charge is 0.447 e. The number of likely N-dealkylation sites (tertiary alicyclic amines) is 1. The van der Waals surface area contributed by atoms with Gasteiger partial charge in [-0.05, 0) is 55.8 Å². The Morgan fingerprint density at radius 1 is 0.941 bits per heavy atom. The number of hydrogen-bond donors (Lipinski definition) is 5. The molecule has 4 unspecified atom stereocenters. The Bertz CT molecular complexity index is 1230. The van der Waals surface area contributed by atoms with Crippen molar-refractivity contribution in [3.8, 4) is 0 Å². The molecule has 5 atom stereocenters. The van der Waals surface area contributed by atoms with Crippen LogP contribution in [0, 0.1) is 23.2 Å². The van der Waals surface area contributed by atoms with Gasteiger partial charge in [-0.3, -0.25) is 19.2 Å². The van der Waals surface area contributed by atoms with Crippen LogP contribution in [0.3, 0.4) is 0 Å². The van der Waals surface area contributed by atoms with Crippen LogP contribution in [0.25, 0.3) is 0 Å². The maximum Gasteiger partial charge on any atom is 0.407 e. The zero-order valence-electron chi connectivity index (χ0n) is 30.8. The number of nitrogens with zero attached hydrogens (tertiary/aromatic N) is 1. The average molecular weight is 731 g/mol. The van der Waals surface area contributed by atoms with Crippen LogP contribution in [0.2, 0.25) is 0 Å². The molecule has 16 heteroatoms. The molecule has 290 valence electrons. The number of ether oxygens (including phenoxy) is 1. The summed E-state index contributed by atoms with van der Waals surface area (Å²) in [5, 5.41) is 12.8. The molecule has 2 rings (SSSR count). The van der Waals surface area contributed by atoms with Gasteiger partial charge in [0.05, 0.1) is 12.1 Å². The molecule has 2 fully saturated rings. The summed E-state index contributed by atoms with van der Waals surface area (Å²) in [6, 6.07) is -5.28. The Morgan fingerprint density at radius 3 is 2.14 bits per heavy atom. The zero-order valence-corrected chi connectivity index (χ0v) is 30.8. The number of amides is 6. The fourth-order valence-corrected chi connectivity index (χ4v) is 6.33. The van der Waals surface area contributed by atoms with Gasteiger partial charge in [0.2, 0.25) is 17.6 Å². The molecule has 0 aromatic carbocycles. The summed E-state index contributed by atoms with van der Waals surface area (Å²) in [6.45, 7) is 14.9. The Labute approximate surface area is 299 Å². The van der Waals surface area contributed by atoms with Gasteiger partial charge >= 0.3 is 18.3 Å². The first-order valence-corrected chi connectivity index (χ1v) is 17.9. The second kappa shape index (κ2) is 19.7. The molecule has 0 aromatic rings. The lowest BCUT2D eigenvalue weighted by Gasteiger charge is -2.36. The third-order valence-electron chi connectivity index (χ3n) is 9.57. The monoisotopic (exact) mass is 730 g/mol. The van der Waals surface area contributed by atoms with Gasteiger partial charge < -0.3 is 36.2 Å². The van der Waals surface area contributed by atoms with Gasteiger partial charge in [-0.1, -0.05) is 60.0 Å². The van der Waals surface area contributed by atoms with Crippen molar-refractivity contribution in [3.63, 3.8) is 0 Å². The molecule has 2 aliphatic rings. The zero-order chi connectivity index (χ0) is 38.5. The standard InChI is InChI=1S/C35H57F3N6O7/c1-8-17-40-30(47)28(45)24(15-16-35(36,37)38)41-29(46)25-18-23(21(3)4)19-44(25)31(48)27(22-13-11-10-12-14-22)43-32(49)42-26(34(5,6)7)20-51-33(50)39-9-2/h8,21-27H,1,9-20H2,2-7H3,(H,39,50)(H,40,47)(H,41,46)(H2,42,43,49)/t23-,24?,25?,26?,27?/m1/s1. The summed E-state index contributed by atoms with van der Waals surface area (Å²) in [5.41, 5.74) is -0.542. The topological polar surface area (TPSA) is 175 Å². The van der Waals surface area contributed by atoms with E-state index in [0.29, 0.717) is 19.4 Å². The van der Waals surface area contributed by atoms with Crippen molar-refractivity contribution in [3.05, 3.63) is 12.7 Å². The molecular weight excluding hydrogens is 673 g/mol. The number of nitrogens with one attached hydrogen (secondary N) is 5. The fourth-order valence-electron chi connectivity index (χ4n) is 6.33. The van der Waals surface area contributed by atoms with E-state index in [4.69, 9.17) is 4.74 Å². The highest BCUT2D eigenvalue weighted by Crippen LogP contribution is 2.33. The molecular formula is C35H57F3N6O7. The second-order valence-corrected chi connectivity index (χ2v) is 14.9. The lowest BCUT2D eigenvalue weighted by molar-refractivity contribution is -0.147. The van der Waals surface area contributed by atoms with Crippen molar-refractivity contribution in [2.45, 2.75) is 123 Å². The molecule has 51 heavy (non-hydrogen) atoms. The molecule has 0 spiro atoms. The Balaban J connectivity index is 2.37. The summed E-state index contributed by atoms with van der Waals surface area (Å²) < 4.78 is 44.9. The molecule has 0 bridgehead atoms. The first kappa shape index (κ1) is 43.3. The summed E-state index contributed by atoms with van der Waals surface area (Å²) in [7, 11) is 0. The molecule has 6 amide bonds. The summed E-state index contributed by atoms with van der Waals surface area (Å²) in [5.74, 6) is -4.19. The van der Waals surface area contributed by atoms with E-state index in [0.717, 1.165) is 19.3 Å². The Morgan fingerprint density at radius 2 is 1.59 bits per heavy atom. The number of ketones is 1. The van der Waals surface area contributed by atoms with Gasteiger partial charge in [-0.15, -0.1) is 6.58 Å². The first-order valence-electron chi connectivity index (χ1n) is 17.9. The number of urea groups is 1. The number of rotatable bonds is 16. The quantitative estimate of drug-likeness (QED) is 0.118. The lowest BCUT2D eigenvalue weighted by atomic mass is 9.83. The van der Waals surface area contributed by atoms with Gasteiger partial charge in [0.15, 0.2) is 0 Å². The highest BCUT2D eigenvalue weighted by molar-refractivity contribution is 6.38. The maximum atomic E-state index is 14.5. The molecule has 1 aliphatic heterocycles. The van der Waals surface area contributed by atoms with Crippen molar-refractivity contribution in [2.75, 3.05) is 26.2 Å². The second-order valence-electron chi connectivity index (χ2n) is 14.9. The van der Waals surface area contributed by atoms with Crippen LogP contribution in [-0.2, 0) is 23.9 Å². The van der Waals surface area contributed by atoms with Crippen LogP contribution in [-0.4, -0.2) is 97.1 Å². The predicted octanol–water partition coefficient (Wildman–Crippen LogP) is 3.97. The van der Waals surface area contributed by atoms with Gasteiger partial charge in [0, 0.05) is 26.1 Å². The minimum atomic E-state index is -4.65. The predicted molar refractivity (Wildman–Crippen MR) is 184 cm³/mol. The highest BCUT2D eigenvalue weighted by Gasteiger charge is 2.46. The van der Waals surface area contributed by atoms with Crippen molar-refractivity contribution < 1.29 is 46.7 Å². The van der Waals surface area contributed by atoms with Crippen LogP contribution in [0.4, 0.5) is 22.8 Å². The minimum absolute atomic E-state index is 0.0206. The normalized spacial score (nSPS) is 20.1. The van der Waals surface area contributed by atoms with Gasteiger partial charge in [0.25, 0.3) is 5.91 Å². The van der Waals surface area contributed by atoms with E-state index in [-0.39, 0.29) is 43.9 Å². The average Bonchev–Trinajstić information content (AvgIpc) is 3.51. The number of alkyl carbamates (subject to hydrolysis) is 1. The maximum absolute atomic E-state index is 14.5. The van der Waals surface area contributed by atoms with Crippen LogP contribution in [0.15, 0.2) is 12.7 Å². The van der Waals surface area contributed by atoms with E-state index in [1.807, 2.05) is 34.6 Å². The number of hydrogen-bond acceptors (Lipinski definition) is 7. The van der Waals surface area contributed by atoms with Crippen molar-refractivity contribution in [2.24, 2.45) is 23.2 Å². The number of Topliss-reactive ketones (excluding diaryl/α,β-unsaturated/α-hetero) is 1. The number of alkyl halides is 3. The van der Waals surface area contributed by atoms with E-state index >= 15 is 0 Å². The SMILES string of the molecule is C=CCNC(=O)C(=O)C(CCC(F)(F)F)NC(=O)C1C[C@@H](C(C)C)CN1C(=O)C(NC(=O)NC(COC(=O)NCC)C(C)(C)C)C1CCCCC1. The van der Waals surface area contributed by atoms with E-state index in [9.17, 15) is 41.9 Å². The van der Waals surface area contributed by atoms with Gasteiger partial charge in [-0.2, -0.15) is 13.2 Å². The third kappa shape index (κ3) is 14.0. The molecule has 0 radical (unpaired) electrons. The van der Waals surface area contributed by atoms with Crippen LogP contribution in [0.1, 0.15) is 92.9 Å². The molecule has 1 aliphatic carbocycles. The third-order valence-corrected chi connectivity index (χ3v) is 9.57. The minimum Gasteiger partial charge on any atom is -0.447 e. The van der Waals surface area contributed by atoms with E-state index in [1.165, 1.54) is 11.0 Å². The van der Waals surface area contributed by atoms with E-state index in [1.54, 1.807) is 6.92 Å². The molecule has 13 nitrogen and oxygen atoms in total. The lowest BCUT2D eigenvalue weighted by Crippen LogP contribution is -2.60. The molecule has 0 aromatic heterocycles. The summed E-state index contributed by atoms with van der Waals surface area (Å²) in [4.78, 5) is 80.5. The Hall–Kier alpha value is -3.85. The summed E-state index contributed by atoms with van der Waals surface area (Å²) in [6.07, 6.45) is -2.20. The van der Waals surface area contributed by atoms with Crippen LogP contribution in [0.5, 0.6) is 0 Å². The highest BCUT2D eigenvalue weighted by atomic mass is 19.4. The van der Waals surface area contributed by atoms with E-state index in [2.05, 4.69) is 33.2 Å². The van der Waals surface area contributed by atoms with Gasteiger partial charge in [-0.25, -0.2) is 9.59 Å². The van der Waals surface area contributed by atoms with Crippen molar-refractivity contribution in [1.29, 1.82) is 0 Å². The van der Waals surface area contributed by atoms with Crippen LogP contribution >= 0.6 is 0 Å². The van der Waals surface area contributed by atoms with Crippen LogP contribution < -0.4 is 26.6 Å². The number of halogens is 3.